The topological polar surface area (TPSA) is 79.9 Å². The summed E-state index contributed by atoms with van der Waals surface area (Å²) in [6.45, 7) is 0.249. The van der Waals surface area contributed by atoms with E-state index >= 15 is 0 Å². The maximum Gasteiger partial charge on any atom is 0.193 e. The van der Waals surface area contributed by atoms with Crippen molar-refractivity contribution in [3.05, 3.63) is 59.7 Å². The average molecular weight is 311 g/mol. The van der Waals surface area contributed by atoms with Crippen LogP contribution >= 0.6 is 0 Å². The van der Waals surface area contributed by atoms with Gasteiger partial charge in [0.05, 0.1) is 13.7 Å². The number of nitrogens with two attached hydrogens (primary N) is 1. The van der Waals surface area contributed by atoms with E-state index in [0.29, 0.717) is 6.42 Å². The van der Waals surface area contributed by atoms with Gasteiger partial charge in [0.15, 0.2) is 5.96 Å². The van der Waals surface area contributed by atoms with E-state index in [1.54, 1.807) is 7.11 Å². The molecule has 0 fully saturated rings. The number of guanidine groups is 1. The highest BCUT2D eigenvalue weighted by Crippen LogP contribution is 2.36. The molecule has 2 aromatic rings. The van der Waals surface area contributed by atoms with Crippen molar-refractivity contribution < 1.29 is 9.84 Å². The van der Waals surface area contributed by atoms with E-state index in [0.717, 1.165) is 23.4 Å². The summed E-state index contributed by atoms with van der Waals surface area (Å²) in [5.74, 6) is 1.07. The van der Waals surface area contributed by atoms with Crippen LogP contribution in [0.3, 0.4) is 0 Å². The van der Waals surface area contributed by atoms with Crippen molar-refractivity contribution in [3.63, 3.8) is 0 Å². The highest BCUT2D eigenvalue weighted by Gasteiger charge is 2.36. The summed E-state index contributed by atoms with van der Waals surface area (Å²) in [7, 11) is 1.62. The molecule has 0 aromatic heterocycles. The molecular weight excluding hydrogens is 290 g/mol. The molecule has 5 heteroatoms. The van der Waals surface area contributed by atoms with Gasteiger partial charge in [0.2, 0.25) is 0 Å². The van der Waals surface area contributed by atoms with Crippen molar-refractivity contribution >= 4 is 11.6 Å². The summed E-state index contributed by atoms with van der Waals surface area (Å²) in [4.78, 5) is 4.32. The number of benzene rings is 2. The molecule has 1 aliphatic rings. The molecule has 0 spiro atoms. The second kappa shape index (κ2) is 6.30. The minimum absolute atomic E-state index is 0.249. The number of aryl methyl sites for hydroxylation is 1. The molecule has 3 rings (SSSR count). The van der Waals surface area contributed by atoms with Gasteiger partial charge >= 0.3 is 0 Å². The van der Waals surface area contributed by atoms with Crippen LogP contribution in [0.25, 0.3) is 0 Å². The predicted octanol–water partition coefficient (Wildman–Crippen LogP) is 2.26. The van der Waals surface area contributed by atoms with Crippen LogP contribution in [0.4, 0.5) is 5.69 Å². The lowest BCUT2D eigenvalue weighted by Crippen LogP contribution is -2.30. The van der Waals surface area contributed by atoms with E-state index in [2.05, 4.69) is 16.4 Å². The van der Waals surface area contributed by atoms with Crippen molar-refractivity contribution in [1.29, 1.82) is 0 Å². The molecule has 4 N–H and O–H groups in total. The van der Waals surface area contributed by atoms with E-state index in [4.69, 9.17) is 10.5 Å². The Balaban J connectivity index is 1.67. The molecule has 120 valence electrons. The van der Waals surface area contributed by atoms with Crippen molar-refractivity contribution in [2.75, 3.05) is 19.0 Å². The van der Waals surface area contributed by atoms with Crippen molar-refractivity contribution in [2.45, 2.75) is 18.4 Å². The third kappa shape index (κ3) is 3.29. The molecule has 1 unspecified atom stereocenters. The molecule has 0 saturated heterocycles. The van der Waals surface area contributed by atoms with Crippen molar-refractivity contribution in [2.24, 2.45) is 10.7 Å². The van der Waals surface area contributed by atoms with Gasteiger partial charge in [0, 0.05) is 5.69 Å². The maximum atomic E-state index is 10.8. The first-order valence-corrected chi connectivity index (χ1v) is 7.62. The maximum absolute atomic E-state index is 10.8. The fraction of sp³-hybridized carbons (Fsp3) is 0.278. The summed E-state index contributed by atoms with van der Waals surface area (Å²) in [5.41, 5.74) is 7.97. The molecule has 0 saturated carbocycles. The van der Waals surface area contributed by atoms with E-state index in [1.807, 2.05) is 42.5 Å². The van der Waals surface area contributed by atoms with Gasteiger partial charge in [-0.2, -0.15) is 0 Å². The van der Waals surface area contributed by atoms with Gasteiger partial charge in [0.25, 0.3) is 0 Å². The van der Waals surface area contributed by atoms with Gasteiger partial charge in [-0.3, -0.25) is 0 Å². The molecule has 5 nitrogen and oxygen atoms in total. The van der Waals surface area contributed by atoms with Crippen molar-refractivity contribution in [1.82, 2.24) is 0 Å². The van der Waals surface area contributed by atoms with Gasteiger partial charge in [0.1, 0.15) is 11.4 Å². The second-order valence-electron chi connectivity index (χ2n) is 5.74. The summed E-state index contributed by atoms with van der Waals surface area (Å²) >= 11 is 0. The number of nitrogens with zero attached hydrogens (tertiary/aromatic N) is 1. The van der Waals surface area contributed by atoms with Gasteiger partial charge in [-0.1, -0.05) is 24.3 Å². The summed E-state index contributed by atoms with van der Waals surface area (Å²) in [5, 5.41) is 13.8. The summed E-state index contributed by atoms with van der Waals surface area (Å²) in [6, 6.07) is 15.4. The van der Waals surface area contributed by atoms with E-state index in [-0.39, 0.29) is 12.5 Å². The van der Waals surface area contributed by atoms with Crippen molar-refractivity contribution in [3.8, 4) is 5.75 Å². The number of rotatable bonds is 4. The van der Waals surface area contributed by atoms with E-state index in [1.165, 1.54) is 5.56 Å². The Morgan fingerprint density at radius 1 is 1.26 bits per heavy atom. The highest BCUT2D eigenvalue weighted by atomic mass is 16.5. The molecule has 23 heavy (non-hydrogen) atoms. The number of hydrogen-bond donors (Lipinski definition) is 3. The second-order valence-corrected chi connectivity index (χ2v) is 5.74. The van der Waals surface area contributed by atoms with E-state index < -0.39 is 5.60 Å². The fourth-order valence-corrected chi connectivity index (χ4v) is 2.91. The largest absolute Gasteiger partial charge is 0.497 e. The Morgan fingerprint density at radius 2 is 2.00 bits per heavy atom. The molecular formula is C18H21N3O2. The van der Waals surface area contributed by atoms with Crippen LogP contribution in [0.5, 0.6) is 5.75 Å². The summed E-state index contributed by atoms with van der Waals surface area (Å²) < 4.78 is 5.11. The Morgan fingerprint density at radius 3 is 2.74 bits per heavy atom. The number of methoxy groups -OCH3 is 1. The van der Waals surface area contributed by atoms with Crippen LogP contribution in [-0.4, -0.2) is 24.7 Å². The quantitative estimate of drug-likeness (QED) is 0.598. The number of nitrogens with one attached hydrogen (secondary N) is 1. The van der Waals surface area contributed by atoms with Crippen LogP contribution in [0.1, 0.15) is 17.5 Å². The molecule has 0 amide bonds. The van der Waals surface area contributed by atoms with Gasteiger partial charge in [-0.05, 0) is 48.2 Å². The lowest BCUT2D eigenvalue weighted by atomic mass is 9.96. The smallest absolute Gasteiger partial charge is 0.193 e. The third-order valence-electron chi connectivity index (χ3n) is 4.20. The normalized spacial score (nSPS) is 20.2. The third-order valence-corrected chi connectivity index (χ3v) is 4.20. The molecule has 1 aliphatic carbocycles. The zero-order chi connectivity index (χ0) is 16.3. The first-order chi connectivity index (χ1) is 11.1. The number of anilines is 1. The van der Waals surface area contributed by atoms with Gasteiger partial charge < -0.3 is 20.9 Å². The standard InChI is InChI=1S/C18H21N3O2/c1-23-15-8-6-14(7-9-15)21-17(19)20-12-18(22)11-10-13-4-2-3-5-16(13)18/h2-9,22H,10-12H2,1H3,(H3,19,20,21). The average Bonchev–Trinajstić information content (AvgIpc) is 2.92. The van der Waals surface area contributed by atoms with Crippen LogP contribution in [0.2, 0.25) is 0 Å². The molecule has 0 bridgehead atoms. The molecule has 0 heterocycles. The Hall–Kier alpha value is -2.53. The van der Waals surface area contributed by atoms with Crippen LogP contribution in [0, 0.1) is 0 Å². The first kappa shape index (κ1) is 15.4. The monoisotopic (exact) mass is 311 g/mol. The molecule has 0 aliphatic heterocycles. The minimum atomic E-state index is -0.928. The van der Waals surface area contributed by atoms with Crippen LogP contribution in [0.15, 0.2) is 53.5 Å². The number of aliphatic hydroxyl groups is 1. The van der Waals surface area contributed by atoms with Gasteiger partial charge in [-0.25, -0.2) is 4.99 Å². The Kier molecular flexibility index (Phi) is 4.21. The number of fused-ring (bicyclic) bond motifs is 1. The van der Waals surface area contributed by atoms with Crippen LogP contribution < -0.4 is 15.8 Å². The zero-order valence-electron chi connectivity index (χ0n) is 13.1. The Bertz CT molecular complexity index is 712. The molecule has 1 atom stereocenters. The number of ether oxygens (including phenoxy) is 1. The predicted molar refractivity (Wildman–Crippen MR) is 91.8 cm³/mol. The number of hydrogen-bond acceptors (Lipinski definition) is 3. The minimum Gasteiger partial charge on any atom is -0.497 e. The van der Waals surface area contributed by atoms with E-state index in [9.17, 15) is 5.11 Å². The zero-order valence-corrected chi connectivity index (χ0v) is 13.1. The SMILES string of the molecule is COc1ccc(NC(N)=NCC2(O)CCc3ccccc32)cc1. The molecule has 0 radical (unpaired) electrons. The highest BCUT2D eigenvalue weighted by molar-refractivity contribution is 5.92. The number of aliphatic imine (C=N–C) groups is 1. The first-order valence-electron chi connectivity index (χ1n) is 7.62. The molecule has 2 aromatic carbocycles. The van der Waals surface area contributed by atoms with Crippen LogP contribution in [-0.2, 0) is 12.0 Å². The summed E-state index contributed by atoms with van der Waals surface area (Å²) in [6.07, 6.45) is 1.54. The lowest BCUT2D eigenvalue weighted by molar-refractivity contribution is 0.0487. The Labute approximate surface area is 135 Å². The fourth-order valence-electron chi connectivity index (χ4n) is 2.91. The van der Waals surface area contributed by atoms with Gasteiger partial charge in [-0.15, -0.1) is 0 Å². The lowest BCUT2D eigenvalue weighted by Gasteiger charge is -2.22.